The molecule has 156 valence electrons. The summed E-state index contributed by atoms with van der Waals surface area (Å²) in [6.45, 7) is 0. The van der Waals surface area contributed by atoms with Crippen LogP contribution >= 0.6 is 35.0 Å². The number of aromatic nitrogens is 3. The zero-order chi connectivity index (χ0) is 21.8. The molecule has 1 heterocycles. The summed E-state index contributed by atoms with van der Waals surface area (Å²) in [5, 5.41) is 12.3. The molecule has 0 radical (unpaired) electrons. The van der Waals surface area contributed by atoms with E-state index in [0.717, 1.165) is 11.3 Å². The molecule has 4 aromatic rings. The number of nitrogens with one attached hydrogen (secondary N) is 1. The molecule has 3 aromatic carbocycles. The minimum Gasteiger partial charge on any atom is -0.325 e. The quantitative estimate of drug-likeness (QED) is 0.343. The number of halogens is 3. The van der Waals surface area contributed by atoms with E-state index in [1.807, 2.05) is 53.1 Å². The van der Waals surface area contributed by atoms with Crippen LogP contribution in [-0.2, 0) is 4.79 Å². The second-order valence-corrected chi connectivity index (χ2v) is 8.18. The van der Waals surface area contributed by atoms with E-state index in [1.54, 1.807) is 6.07 Å². The predicted molar refractivity (Wildman–Crippen MR) is 123 cm³/mol. The van der Waals surface area contributed by atoms with Crippen molar-refractivity contribution in [3.8, 4) is 17.1 Å². The third kappa shape index (κ3) is 4.90. The molecule has 5 nitrogen and oxygen atoms in total. The first-order valence-corrected chi connectivity index (χ1v) is 10.9. The number of para-hydroxylation sites is 1. The third-order valence-electron chi connectivity index (χ3n) is 4.30. The first kappa shape index (κ1) is 21.4. The Balaban J connectivity index is 1.59. The molecule has 0 atom stereocenters. The summed E-state index contributed by atoms with van der Waals surface area (Å²) in [5.74, 6) is -0.181. The maximum atomic E-state index is 13.3. The average Bonchev–Trinajstić information content (AvgIpc) is 3.19. The summed E-state index contributed by atoms with van der Waals surface area (Å²) >= 11 is 13.4. The van der Waals surface area contributed by atoms with Gasteiger partial charge in [-0.3, -0.25) is 9.36 Å². The Kier molecular flexibility index (Phi) is 6.56. The highest BCUT2D eigenvalue weighted by Gasteiger charge is 2.19. The summed E-state index contributed by atoms with van der Waals surface area (Å²) in [4.78, 5) is 12.4. The molecule has 9 heteroatoms. The van der Waals surface area contributed by atoms with Crippen molar-refractivity contribution in [1.82, 2.24) is 14.8 Å². The van der Waals surface area contributed by atoms with Crippen molar-refractivity contribution in [2.75, 3.05) is 11.1 Å². The van der Waals surface area contributed by atoms with Gasteiger partial charge in [-0.05, 0) is 42.5 Å². The van der Waals surface area contributed by atoms with E-state index in [9.17, 15) is 9.18 Å². The maximum Gasteiger partial charge on any atom is 0.234 e. The minimum atomic E-state index is -0.544. The molecule has 0 spiro atoms. The van der Waals surface area contributed by atoms with E-state index in [4.69, 9.17) is 23.2 Å². The van der Waals surface area contributed by atoms with Gasteiger partial charge < -0.3 is 5.32 Å². The number of carbonyl (C=O) groups excluding carboxylic acids is 1. The number of thioether (sulfide) groups is 1. The number of hydrogen-bond donors (Lipinski definition) is 1. The largest absolute Gasteiger partial charge is 0.325 e. The predicted octanol–water partition coefficient (Wildman–Crippen LogP) is 6.11. The van der Waals surface area contributed by atoms with Crippen molar-refractivity contribution < 1.29 is 9.18 Å². The molecule has 0 aliphatic heterocycles. The van der Waals surface area contributed by atoms with Gasteiger partial charge in [0, 0.05) is 16.9 Å². The molecular weight excluding hydrogens is 458 g/mol. The van der Waals surface area contributed by atoms with Crippen LogP contribution in [0.25, 0.3) is 17.1 Å². The average molecular weight is 473 g/mol. The SMILES string of the molecule is O=C(CSc1nnc(-c2ccccc2Cl)n1-c1ccccc1)Nc1ccc(F)c(Cl)c1. The summed E-state index contributed by atoms with van der Waals surface area (Å²) < 4.78 is 15.2. The van der Waals surface area contributed by atoms with Crippen LogP contribution in [0.5, 0.6) is 0 Å². The number of hydrogen-bond acceptors (Lipinski definition) is 4. The second-order valence-electron chi connectivity index (χ2n) is 6.42. The van der Waals surface area contributed by atoms with Crippen molar-refractivity contribution in [3.63, 3.8) is 0 Å². The molecule has 0 aliphatic carbocycles. The fraction of sp³-hybridized carbons (Fsp3) is 0.0455. The van der Waals surface area contributed by atoms with Gasteiger partial charge in [-0.2, -0.15) is 0 Å². The van der Waals surface area contributed by atoms with Gasteiger partial charge in [0.2, 0.25) is 5.91 Å². The summed E-state index contributed by atoms with van der Waals surface area (Å²) in [7, 11) is 0. The van der Waals surface area contributed by atoms with Gasteiger partial charge in [-0.15, -0.1) is 10.2 Å². The fourth-order valence-electron chi connectivity index (χ4n) is 2.89. The molecule has 1 aromatic heterocycles. The van der Waals surface area contributed by atoms with E-state index in [2.05, 4.69) is 15.5 Å². The Hall–Kier alpha value is -2.87. The van der Waals surface area contributed by atoms with Gasteiger partial charge in [-0.1, -0.05) is 65.3 Å². The minimum absolute atomic E-state index is 0.0568. The standard InChI is InChI=1S/C22H15Cl2FN4OS/c23-17-9-5-4-8-16(17)21-27-28-22(29(21)15-6-2-1-3-7-15)31-13-20(30)26-14-10-11-19(25)18(24)12-14/h1-12H,13H2,(H,26,30). The number of benzene rings is 3. The van der Waals surface area contributed by atoms with Crippen LogP contribution in [-0.4, -0.2) is 26.4 Å². The lowest BCUT2D eigenvalue weighted by Gasteiger charge is -2.11. The summed E-state index contributed by atoms with van der Waals surface area (Å²) in [6, 6.07) is 21.0. The topological polar surface area (TPSA) is 59.8 Å². The zero-order valence-corrected chi connectivity index (χ0v) is 18.3. The van der Waals surface area contributed by atoms with Crippen LogP contribution in [0, 0.1) is 5.82 Å². The maximum absolute atomic E-state index is 13.3. The zero-order valence-electron chi connectivity index (χ0n) is 15.9. The molecule has 0 saturated heterocycles. The lowest BCUT2D eigenvalue weighted by atomic mass is 10.2. The summed E-state index contributed by atoms with van der Waals surface area (Å²) in [6.07, 6.45) is 0. The van der Waals surface area contributed by atoms with E-state index in [1.165, 1.54) is 30.0 Å². The van der Waals surface area contributed by atoms with Crippen LogP contribution in [0.2, 0.25) is 10.0 Å². The van der Waals surface area contributed by atoms with Crippen LogP contribution in [0.3, 0.4) is 0 Å². The highest BCUT2D eigenvalue weighted by Crippen LogP contribution is 2.32. The van der Waals surface area contributed by atoms with Gasteiger partial charge >= 0.3 is 0 Å². The van der Waals surface area contributed by atoms with Crippen molar-refractivity contribution in [2.45, 2.75) is 5.16 Å². The normalized spacial score (nSPS) is 10.8. The van der Waals surface area contributed by atoms with E-state index in [-0.39, 0.29) is 16.7 Å². The number of amides is 1. The number of carbonyl (C=O) groups is 1. The Bertz CT molecular complexity index is 1230. The van der Waals surface area contributed by atoms with Crippen LogP contribution in [0.1, 0.15) is 0 Å². The fourth-order valence-corrected chi connectivity index (χ4v) is 4.04. The second kappa shape index (κ2) is 9.51. The first-order chi connectivity index (χ1) is 15.0. The van der Waals surface area contributed by atoms with Gasteiger partial charge in [0.05, 0.1) is 15.8 Å². The molecule has 0 saturated carbocycles. The molecule has 0 bridgehead atoms. The Morgan fingerprint density at radius 1 is 0.968 bits per heavy atom. The van der Waals surface area contributed by atoms with Crippen molar-refractivity contribution in [2.24, 2.45) is 0 Å². The Labute approximate surface area is 192 Å². The molecule has 1 amide bonds. The molecule has 31 heavy (non-hydrogen) atoms. The van der Waals surface area contributed by atoms with Crippen molar-refractivity contribution in [1.29, 1.82) is 0 Å². The van der Waals surface area contributed by atoms with Gasteiger partial charge in [0.15, 0.2) is 11.0 Å². The smallest absolute Gasteiger partial charge is 0.234 e. The molecular formula is C22H15Cl2FN4OS. The van der Waals surface area contributed by atoms with Gasteiger partial charge in [0.25, 0.3) is 0 Å². The van der Waals surface area contributed by atoms with E-state index >= 15 is 0 Å². The highest BCUT2D eigenvalue weighted by atomic mass is 35.5. The Morgan fingerprint density at radius 2 is 1.71 bits per heavy atom. The molecule has 1 N–H and O–H groups in total. The number of rotatable bonds is 6. The first-order valence-electron chi connectivity index (χ1n) is 9.16. The summed E-state index contributed by atoms with van der Waals surface area (Å²) in [5.41, 5.74) is 1.99. The number of anilines is 1. The molecule has 4 rings (SSSR count). The van der Waals surface area contributed by atoms with Crippen LogP contribution in [0.4, 0.5) is 10.1 Å². The highest BCUT2D eigenvalue weighted by molar-refractivity contribution is 7.99. The van der Waals surface area contributed by atoms with Crippen LogP contribution < -0.4 is 5.32 Å². The number of nitrogens with zero attached hydrogens (tertiary/aromatic N) is 3. The molecule has 0 aliphatic rings. The van der Waals surface area contributed by atoms with Gasteiger partial charge in [0.1, 0.15) is 5.82 Å². The lowest BCUT2D eigenvalue weighted by molar-refractivity contribution is -0.113. The van der Waals surface area contributed by atoms with E-state index < -0.39 is 5.82 Å². The van der Waals surface area contributed by atoms with Crippen molar-refractivity contribution >= 4 is 46.6 Å². The molecule has 0 unspecified atom stereocenters. The van der Waals surface area contributed by atoms with Crippen molar-refractivity contribution in [3.05, 3.63) is 88.7 Å². The third-order valence-corrected chi connectivity index (χ3v) is 5.85. The van der Waals surface area contributed by atoms with E-state index in [0.29, 0.717) is 21.7 Å². The molecule has 0 fully saturated rings. The van der Waals surface area contributed by atoms with Gasteiger partial charge in [-0.25, -0.2) is 4.39 Å². The Morgan fingerprint density at radius 3 is 2.45 bits per heavy atom. The monoisotopic (exact) mass is 472 g/mol. The lowest BCUT2D eigenvalue weighted by Crippen LogP contribution is -2.14. The van der Waals surface area contributed by atoms with Crippen LogP contribution in [0.15, 0.2) is 78.0 Å².